The number of amides is 3. The molecule has 0 aromatic heterocycles. The molecule has 0 aromatic carbocycles. The van der Waals surface area contributed by atoms with Crippen LogP contribution in [0.2, 0.25) is 0 Å². The summed E-state index contributed by atoms with van der Waals surface area (Å²) in [7, 11) is 0. The lowest BCUT2D eigenvalue weighted by Crippen LogP contribution is -2.31. The van der Waals surface area contributed by atoms with Gasteiger partial charge in [0.15, 0.2) is 0 Å². The Morgan fingerprint density at radius 3 is 2.71 bits per heavy atom. The van der Waals surface area contributed by atoms with Crippen molar-refractivity contribution < 1.29 is 19.5 Å². The van der Waals surface area contributed by atoms with Crippen molar-refractivity contribution in [2.75, 3.05) is 6.54 Å². The fraction of sp³-hybridized carbons (Fsp3) is 0.545. The van der Waals surface area contributed by atoms with Gasteiger partial charge in [-0.25, -0.2) is 9.59 Å². The van der Waals surface area contributed by atoms with Crippen LogP contribution in [0.4, 0.5) is 4.79 Å². The number of nitrogens with zero attached hydrogens (tertiary/aromatic N) is 1. The number of rotatable bonds is 5. The zero-order valence-electron chi connectivity index (χ0n) is 9.90. The van der Waals surface area contributed by atoms with Gasteiger partial charge < -0.3 is 10.4 Å². The van der Waals surface area contributed by atoms with Crippen LogP contribution in [0, 0.1) is 0 Å². The smallest absolute Gasteiger partial charge is 0.331 e. The quantitative estimate of drug-likeness (QED) is 0.548. The molecule has 6 heteroatoms. The van der Waals surface area contributed by atoms with Gasteiger partial charge in [0.1, 0.15) is 6.04 Å². The number of aliphatic carboxylic acids is 1. The van der Waals surface area contributed by atoms with Gasteiger partial charge in [0, 0.05) is 12.1 Å². The zero-order chi connectivity index (χ0) is 13.0. The molecule has 1 heterocycles. The maximum absolute atomic E-state index is 11.8. The maximum Gasteiger partial charge on any atom is 0.331 e. The van der Waals surface area contributed by atoms with Crippen LogP contribution < -0.4 is 5.32 Å². The largest absolute Gasteiger partial charge is 0.478 e. The average molecular weight is 240 g/mol. The summed E-state index contributed by atoms with van der Waals surface area (Å²) in [5, 5.41) is 11.2. The van der Waals surface area contributed by atoms with E-state index in [1.165, 1.54) is 13.0 Å². The lowest BCUT2D eigenvalue weighted by atomic mass is 10.1. The van der Waals surface area contributed by atoms with E-state index in [0.29, 0.717) is 6.42 Å². The zero-order valence-corrected chi connectivity index (χ0v) is 9.90. The molecule has 1 fully saturated rings. The van der Waals surface area contributed by atoms with E-state index in [1.54, 1.807) is 0 Å². The van der Waals surface area contributed by atoms with Gasteiger partial charge in [-0.15, -0.1) is 0 Å². The monoisotopic (exact) mass is 240 g/mol. The molecule has 3 amide bonds. The lowest BCUT2D eigenvalue weighted by Gasteiger charge is -2.10. The minimum atomic E-state index is -1.05. The van der Waals surface area contributed by atoms with Gasteiger partial charge in [-0.2, -0.15) is 0 Å². The SMILES string of the molecule is CCCC1NC(=O)N(CC=C(C)C(=O)O)C1=O. The van der Waals surface area contributed by atoms with Gasteiger partial charge in [0.25, 0.3) is 5.91 Å². The Morgan fingerprint density at radius 1 is 1.53 bits per heavy atom. The number of hydrogen-bond acceptors (Lipinski definition) is 3. The molecule has 0 spiro atoms. The molecule has 0 aromatic rings. The third kappa shape index (κ3) is 3.05. The van der Waals surface area contributed by atoms with Crippen LogP contribution in [0.15, 0.2) is 11.6 Å². The highest BCUT2D eigenvalue weighted by atomic mass is 16.4. The van der Waals surface area contributed by atoms with E-state index >= 15 is 0 Å². The Bertz CT molecular complexity index is 376. The minimum Gasteiger partial charge on any atom is -0.478 e. The number of imide groups is 1. The van der Waals surface area contributed by atoms with Crippen LogP contribution >= 0.6 is 0 Å². The second kappa shape index (κ2) is 5.47. The molecule has 0 radical (unpaired) electrons. The molecule has 1 saturated heterocycles. The normalized spacial score (nSPS) is 20.7. The molecule has 0 bridgehead atoms. The Balaban J connectivity index is 2.66. The van der Waals surface area contributed by atoms with Gasteiger partial charge in [0.05, 0.1) is 0 Å². The first-order valence-electron chi connectivity index (χ1n) is 5.49. The average Bonchev–Trinajstić information content (AvgIpc) is 2.52. The van der Waals surface area contributed by atoms with Crippen molar-refractivity contribution in [3.05, 3.63) is 11.6 Å². The first kappa shape index (κ1) is 13.2. The minimum absolute atomic E-state index is 0.00299. The molecule has 1 rings (SSSR count). The van der Waals surface area contributed by atoms with E-state index in [4.69, 9.17) is 5.11 Å². The Hall–Kier alpha value is -1.85. The molecule has 0 saturated carbocycles. The fourth-order valence-corrected chi connectivity index (χ4v) is 1.55. The van der Waals surface area contributed by atoms with E-state index in [2.05, 4.69) is 5.32 Å². The third-order valence-electron chi connectivity index (χ3n) is 2.60. The van der Waals surface area contributed by atoms with Gasteiger partial charge >= 0.3 is 12.0 Å². The van der Waals surface area contributed by atoms with E-state index < -0.39 is 18.0 Å². The van der Waals surface area contributed by atoms with Gasteiger partial charge in [0.2, 0.25) is 0 Å². The van der Waals surface area contributed by atoms with Crippen molar-refractivity contribution in [3.8, 4) is 0 Å². The summed E-state index contributed by atoms with van der Waals surface area (Å²) in [6, 6.07) is -0.922. The second-order valence-electron chi connectivity index (χ2n) is 3.93. The summed E-state index contributed by atoms with van der Waals surface area (Å²) in [5.74, 6) is -1.34. The molecule has 0 aliphatic carbocycles. The predicted molar refractivity (Wildman–Crippen MR) is 60.3 cm³/mol. The summed E-state index contributed by atoms with van der Waals surface area (Å²) in [5.41, 5.74) is 0.115. The fourth-order valence-electron chi connectivity index (χ4n) is 1.55. The van der Waals surface area contributed by atoms with Crippen molar-refractivity contribution in [2.45, 2.75) is 32.7 Å². The predicted octanol–water partition coefficient (Wildman–Crippen LogP) is 0.738. The number of hydrogen-bond donors (Lipinski definition) is 2. The van der Waals surface area contributed by atoms with Crippen molar-refractivity contribution in [1.82, 2.24) is 10.2 Å². The number of carbonyl (C=O) groups excluding carboxylic acids is 2. The standard InChI is InChI=1S/C11H16N2O4/c1-3-4-8-9(14)13(11(17)12-8)6-5-7(2)10(15)16/h5,8H,3-4,6H2,1-2H3,(H,12,17)(H,15,16). The third-order valence-corrected chi connectivity index (χ3v) is 2.60. The van der Waals surface area contributed by atoms with Crippen LogP contribution in [0.25, 0.3) is 0 Å². The van der Waals surface area contributed by atoms with Crippen molar-refractivity contribution >= 4 is 17.9 Å². The number of carbonyl (C=O) groups is 3. The van der Waals surface area contributed by atoms with Crippen LogP contribution in [-0.2, 0) is 9.59 Å². The lowest BCUT2D eigenvalue weighted by molar-refractivity contribution is -0.132. The highest BCUT2D eigenvalue weighted by molar-refractivity contribution is 6.04. The summed E-state index contributed by atoms with van der Waals surface area (Å²) in [4.78, 5) is 34.8. The van der Waals surface area contributed by atoms with Gasteiger partial charge in [-0.05, 0) is 13.3 Å². The first-order chi connectivity index (χ1) is 7.97. The van der Waals surface area contributed by atoms with E-state index in [1.807, 2.05) is 6.92 Å². The van der Waals surface area contributed by atoms with Gasteiger partial charge in [-0.1, -0.05) is 19.4 Å². The topological polar surface area (TPSA) is 86.7 Å². The van der Waals surface area contributed by atoms with Gasteiger partial charge in [-0.3, -0.25) is 9.69 Å². The summed E-state index contributed by atoms with van der Waals surface area (Å²) < 4.78 is 0. The summed E-state index contributed by atoms with van der Waals surface area (Å²) in [6.45, 7) is 3.35. The molecular weight excluding hydrogens is 224 g/mol. The Morgan fingerprint density at radius 2 is 2.18 bits per heavy atom. The molecule has 1 aliphatic rings. The van der Waals surface area contributed by atoms with Crippen LogP contribution in [0.1, 0.15) is 26.7 Å². The molecule has 17 heavy (non-hydrogen) atoms. The highest BCUT2D eigenvalue weighted by Crippen LogP contribution is 2.11. The molecule has 1 aliphatic heterocycles. The molecular formula is C11H16N2O4. The van der Waals surface area contributed by atoms with E-state index in [9.17, 15) is 14.4 Å². The first-order valence-corrected chi connectivity index (χ1v) is 5.49. The number of urea groups is 1. The summed E-state index contributed by atoms with van der Waals surface area (Å²) >= 11 is 0. The van der Waals surface area contributed by atoms with E-state index in [0.717, 1.165) is 11.3 Å². The van der Waals surface area contributed by atoms with Crippen LogP contribution in [0.5, 0.6) is 0 Å². The van der Waals surface area contributed by atoms with Crippen molar-refractivity contribution in [1.29, 1.82) is 0 Å². The molecule has 6 nitrogen and oxygen atoms in total. The van der Waals surface area contributed by atoms with Crippen molar-refractivity contribution in [3.63, 3.8) is 0 Å². The van der Waals surface area contributed by atoms with Crippen LogP contribution in [0.3, 0.4) is 0 Å². The Labute approximate surface area is 99.3 Å². The second-order valence-corrected chi connectivity index (χ2v) is 3.93. The number of carboxylic acids is 1. The number of nitrogens with one attached hydrogen (secondary N) is 1. The number of carboxylic acid groups (broad SMARTS) is 1. The highest BCUT2D eigenvalue weighted by Gasteiger charge is 2.36. The molecule has 2 N–H and O–H groups in total. The molecule has 1 atom stereocenters. The maximum atomic E-state index is 11.8. The van der Waals surface area contributed by atoms with Crippen LogP contribution in [-0.4, -0.2) is 40.5 Å². The Kier molecular flexibility index (Phi) is 4.25. The summed E-state index contributed by atoms with van der Waals surface area (Å²) in [6.07, 6.45) is 2.76. The molecule has 94 valence electrons. The van der Waals surface area contributed by atoms with E-state index in [-0.39, 0.29) is 18.0 Å². The van der Waals surface area contributed by atoms with Crippen molar-refractivity contribution in [2.24, 2.45) is 0 Å². The molecule has 1 unspecified atom stereocenters.